The van der Waals surface area contributed by atoms with Gasteiger partial charge in [0.2, 0.25) is 0 Å². The van der Waals surface area contributed by atoms with Crippen molar-refractivity contribution in [2.75, 3.05) is 45.6 Å². The maximum Gasteiger partial charge on any atom is 0.317 e. The number of hydrogen-bond acceptors (Lipinski definition) is 7. The van der Waals surface area contributed by atoms with Crippen LogP contribution in [-0.2, 0) is 0 Å². The number of aromatic amines is 1. The maximum absolute atomic E-state index is 12.4. The standard InChI is InChI=1S/C23H26N8OS/c1-30(2)10-7-24-23(32)31-8-5-15(6-9-31)19-12-17-21(25-13-26-22(17)29-19)28-16-3-4-18-20(11-16)33-14-27-18/h3-5,11-14H,6-10H2,1-2H3,(H,24,32)(H2,25,26,28,29). The molecular formula is C23H26N8OS. The van der Waals surface area contributed by atoms with Crippen LogP contribution in [0.25, 0.3) is 26.8 Å². The number of thiazole rings is 1. The normalized spacial score (nSPS) is 14.2. The first-order chi connectivity index (χ1) is 16.1. The van der Waals surface area contributed by atoms with E-state index in [-0.39, 0.29) is 6.03 Å². The van der Waals surface area contributed by atoms with Crippen LogP contribution in [0.1, 0.15) is 12.1 Å². The highest BCUT2D eigenvalue weighted by molar-refractivity contribution is 7.16. The highest BCUT2D eigenvalue weighted by atomic mass is 32.1. The fourth-order valence-electron chi connectivity index (χ4n) is 3.88. The predicted octanol–water partition coefficient (Wildman–Crippen LogP) is 3.67. The number of benzene rings is 1. The molecule has 0 saturated carbocycles. The van der Waals surface area contributed by atoms with E-state index in [1.807, 2.05) is 41.5 Å². The molecule has 0 spiro atoms. The molecule has 0 unspecified atom stereocenters. The summed E-state index contributed by atoms with van der Waals surface area (Å²) in [4.78, 5) is 32.9. The minimum Gasteiger partial charge on any atom is -0.340 e. The number of carbonyl (C=O) groups is 1. The Kier molecular flexibility index (Phi) is 5.93. The summed E-state index contributed by atoms with van der Waals surface area (Å²) in [5, 5.41) is 7.33. The number of H-pyrrole nitrogens is 1. The van der Waals surface area contributed by atoms with E-state index >= 15 is 0 Å². The van der Waals surface area contributed by atoms with Gasteiger partial charge in [0.15, 0.2) is 0 Å². The first-order valence-corrected chi connectivity index (χ1v) is 11.8. The summed E-state index contributed by atoms with van der Waals surface area (Å²) >= 11 is 1.61. The van der Waals surface area contributed by atoms with Gasteiger partial charge in [-0.1, -0.05) is 6.08 Å². The topological polar surface area (TPSA) is 102 Å². The van der Waals surface area contributed by atoms with Gasteiger partial charge < -0.3 is 25.4 Å². The highest BCUT2D eigenvalue weighted by Crippen LogP contribution is 2.30. The average Bonchev–Trinajstić information content (AvgIpc) is 3.46. The third kappa shape index (κ3) is 4.67. The Labute approximate surface area is 195 Å². The van der Waals surface area contributed by atoms with E-state index in [1.165, 1.54) is 5.57 Å². The van der Waals surface area contributed by atoms with Gasteiger partial charge in [0.05, 0.1) is 21.1 Å². The van der Waals surface area contributed by atoms with E-state index in [2.05, 4.69) is 48.8 Å². The van der Waals surface area contributed by atoms with Crippen molar-refractivity contribution in [3.63, 3.8) is 0 Å². The molecule has 9 nitrogen and oxygen atoms in total. The monoisotopic (exact) mass is 462 g/mol. The number of nitrogens with one attached hydrogen (secondary N) is 3. The number of amides is 2. The molecule has 0 atom stereocenters. The number of carbonyl (C=O) groups excluding carboxylic acids is 1. The molecule has 170 valence electrons. The van der Waals surface area contributed by atoms with Crippen molar-refractivity contribution in [1.29, 1.82) is 0 Å². The number of urea groups is 1. The van der Waals surface area contributed by atoms with Gasteiger partial charge >= 0.3 is 6.03 Å². The Morgan fingerprint density at radius 2 is 2.15 bits per heavy atom. The van der Waals surface area contributed by atoms with E-state index in [1.54, 1.807) is 17.7 Å². The molecule has 10 heteroatoms. The highest BCUT2D eigenvalue weighted by Gasteiger charge is 2.19. The van der Waals surface area contributed by atoms with E-state index in [4.69, 9.17) is 0 Å². The summed E-state index contributed by atoms with van der Waals surface area (Å²) in [5.41, 5.74) is 6.78. The van der Waals surface area contributed by atoms with Crippen molar-refractivity contribution in [2.24, 2.45) is 0 Å². The quantitative estimate of drug-likeness (QED) is 0.404. The lowest BCUT2D eigenvalue weighted by molar-refractivity contribution is 0.202. The molecule has 0 radical (unpaired) electrons. The van der Waals surface area contributed by atoms with Gasteiger partial charge in [-0.05, 0) is 50.4 Å². The average molecular weight is 463 g/mol. The number of hydrogen-bond donors (Lipinski definition) is 3. The van der Waals surface area contributed by atoms with Gasteiger partial charge in [0.25, 0.3) is 0 Å². The molecule has 0 aliphatic carbocycles. The predicted molar refractivity (Wildman–Crippen MR) is 133 cm³/mol. The van der Waals surface area contributed by atoms with Crippen molar-refractivity contribution >= 4 is 55.7 Å². The SMILES string of the molecule is CN(C)CCNC(=O)N1CC=C(c2cc3c(Nc4ccc5ncsc5c4)ncnc3[nH]2)CC1. The zero-order valence-electron chi connectivity index (χ0n) is 18.6. The van der Waals surface area contributed by atoms with Crippen LogP contribution in [-0.4, -0.2) is 76.0 Å². The van der Waals surface area contributed by atoms with Crippen LogP contribution in [0.4, 0.5) is 16.3 Å². The van der Waals surface area contributed by atoms with E-state index in [9.17, 15) is 4.79 Å². The minimum atomic E-state index is -0.0148. The molecule has 1 aromatic carbocycles. The van der Waals surface area contributed by atoms with E-state index in [0.29, 0.717) is 19.6 Å². The third-order valence-electron chi connectivity index (χ3n) is 5.70. The molecule has 1 aliphatic rings. The smallest absolute Gasteiger partial charge is 0.317 e. The molecule has 4 aromatic rings. The summed E-state index contributed by atoms with van der Waals surface area (Å²) in [6.45, 7) is 2.74. The molecule has 0 saturated heterocycles. The second kappa shape index (κ2) is 9.16. The van der Waals surface area contributed by atoms with Crippen LogP contribution < -0.4 is 10.6 Å². The summed E-state index contributed by atoms with van der Waals surface area (Å²) in [6.07, 6.45) is 4.45. The molecule has 5 rings (SSSR count). The minimum absolute atomic E-state index is 0.0148. The first-order valence-electron chi connectivity index (χ1n) is 10.9. The van der Waals surface area contributed by atoms with Crippen LogP contribution in [0, 0.1) is 0 Å². The van der Waals surface area contributed by atoms with Gasteiger partial charge in [-0.2, -0.15) is 0 Å². The van der Waals surface area contributed by atoms with Crippen LogP contribution in [0.15, 0.2) is 42.2 Å². The van der Waals surface area contributed by atoms with Gasteiger partial charge in [0.1, 0.15) is 17.8 Å². The summed E-state index contributed by atoms with van der Waals surface area (Å²) in [7, 11) is 3.99. The van der Waals surface area contributed by atoms with Crippen molar-refractivity contribution in [3.05, 3.63) is 47.9 Å². The Balaban J connectivity index is 1.31. The largest absolute Gasteiger partial charge is 0.340 e. The van der Waals surface area contributed by atoms with Crippen LogP contribution in [0.3, 0.4) is 0 Å². The van der Waals surface area contributed by atoms with Crippen molar-refractivity contribution < 1.29 is 4.79 Å². The van der Waals surface area contributed by atoms with Crippen LogP contribution in [0.5, 0.6) is 0 Å². The van der Waals surface area contributed by atoms with Crippen molar-refractivity contribution in [2.45, 2.75) is 6.42 Å². The van der Waals surface area contributed by atoms with Crippen molar-refractivity contribution in [1.82, 2.24) is 35.1 Å². The van der Waals surface area contributed by atoms with Gasteiger partial charge in [0, 0.05) is 37.6 Å². The zero-order chi connectivity index (χ0) is 22.8. The molecule has 0 fully saturated rings. The first kappa shape index (κ1) is 21.4. The molecule has 3 aromatic heterocycles. The van der Waals surface area contributed by atoms with Crippen LogP contribution in [0.2, 0.25) is 0 Å². The number of fused-ring (bicyclic) bond motifs is 2. The lowest BCUT2D eigenvalue weighted by Crippen LogP contribution is -2.44. The van der Waals surface area contributed by atoms with Gasteiger partial charge in [-0.3, -0.25) is 0 Å². The Hall–Kier alpha value is -3.50. The van der Waals surface area contributed by atoms with Crippen LogP contribution >= 0.6 is 11.3 Å². The van der Waals surface area contributed by atoms with Crippen molar-refractivity contribution in [3.8, 4) is 0 Å². The summed E-state index contributed by atoms with van der Waals surface area (Å²) < 4.78 is 1.13. The van der Waals surface area contributed by atoms with E-state index < -0.39 is 0 Å². The van der Waals surface area contributed by atoms with Gasteiger partial charge in [-0.15, -0.1) is 11.3 Å². The number of anilines is 2. The Morgan fingerprint density at radius 3 is 2.97 bits per heavy atom. The lowest BCUT2D eigenvalue weighted by Gasteiger charge is -2.26. The number of aromatic nitrogens is 4. The summed E-state index contributed by atoms with van der Waals surface area (Å²) in [6, 6.07) is 8.16. The van der Waals surface area contributed by atoms with Gasteiger partial charge in [-0.25, -0.2) is 19.7 Å². The third-order valence-corrected chi connectivity index (χ3v) is 6.49. The zero-order valence-corrected chi connectivity index (χ0v) is 19.4. The molecule has 2 amide bonds. The summed E-state index contributed by atoms with van der Waals surface area (Å²) in [5.74, 6) is 0.754. The lowest BCUT2D eigenvalue weighted by atomic mass is 10.1. The molecule has 4 heterocycles. The number of likely N-dealkylation sites (N-methyl/N-ethyl adjacent to an activating group) is 1. The van der Waals surface area contributed by atoms with E-state index in [0.717, 1.165) is 51.4 Å². The maximum atomic E-state index is 12.4. The second-order valence-electron chi connectivity index (χ2n) is 8.29. The molecule has 3 N–H and O–H groups in total. The fraction of sp³-hybridized carbons (Fsp3) is 0.304. The molecule has 33 heavy (non-hydrogen) atoms. The Bertz CT molecular complexity index is 1320. The molecule has 1 aliphatic heterocycles. The Morgan fingerprint density at radius 1 is 1.24 bits per heavy atom. The molecular weight excluding hydrogens is 436 g/mol. The second-order valence-corrected chi connectivity index (χ2v) is 9.17. The number of rotatable bonds is 6. The molecule has 0 bridgehead atoms. The fourth-order valence-corrected chi connectivity index (χ4v) is 4.59. The number of nitrogens with zero attached hydrogens (tertiary/aromatic N) is 5.